The van der Waals surface area contributed by atoms with Gasteiger partial charge in [-0.1, -0.05) is 31.8 Å². The molecule has 2 nitrogen and oxygen atoms in total. The summed E-state index contributed by atoms with van der Waals surface area (Å²) in [5.74, 6) is 3.65. The molecule has 0 aromatic carbocycles. The van der Waals surface area contributed by atoms with Gasteiger partial charge >= 0.3 is 0 Å². The van der Waals surface area contributed by atoms with Gasteiger partial charge in [0.25, 0.3) is 0 Å². The molecular weight excluding hydrogens is 258 g/mol. The van der Waals surface area contributed by atoms with Crippen molar-refractivity contribution in [3.63, 3.8) is 0 Å². The SMILES string of the molecule is C[C@]12CCCC[C@@H]1CC[C@@H]1[C@@H]2CC[C@]2(C)/C(=N/O)CC[C@@H]12. The highest BCUT2D eigenvalue weighted by atomic mass is 16.4. The zero-order valence-electron chi connectivity index (χ0n) is 13.8. The first-order chi connectivity index (χ1) is 10.1. The third-order valence-corrected chi connectivity index (χ3v) is 8.44. The van der Waals surface area contributed by atoms with Gasteiger partial charge in [-0.05, 0) is 80.5 Å². The highest BCUT2D eigenvalue weighted by Gasteiger charge is 2.59. The minimum absolute atomic E-state index is 0.216. The molecule has 1 N–H and O–H groups in total. The van der Waals surface area contributed by atoms with Crippen LogP contribution in [0.25, 0.3) is 0 Å². The second-order valence-electron chi connectivity index (χ2n) is 8.94. The smallest absolute Gasteiger partial charge is 0.0632 e. The summed E-state index contributed by atoms with van der Waals surface area (Å²) in [6.07, 6.45) is 13.8. The van der Waals surface area contributed by atoms with Crippen LogP contribution in [-0.4, -0.2) is 10.9 Å². The van der Waals surface area contributed by atoms with Gasteiger partial charge < -0.3 is 5.21 Å². The first-order valence-electron chi connectivity index (χ1n) is 9.31. The van der Waals surface area contributed by atoms with E-state index in [-0.39, 0.29) is 5.41 Å². The lowest BCUT2D eigenvalue weighted by molar-refractivity contribution is -0.0938. The van der Waals surface area contributed by atoms with E-state index in [0.29, 0.717) is 5.41 Å². The van der Waals surface area contributed by atoms with Crippen LogP contribution in [0.5, 0.6) is 0 Å². The van der Waals surface area contributed by atoms with Crippen molar-refractivity contribution in [2.75, 3.05) is 0 Å². The Bertz CT molecular complexity index is 458. The summed E-state index contributed by atoms with van der Waals surface area (Å²) < 4.78 is 0. The van der Waals surface area contributed by atoms with Gasteiger partial charge in [-0.3, -0.25) is 0 Å². The van der Waals surface area contributed by atoms with Gasteiger partial charge in [0.1, 0.15) is 0 Å². The number of oxime groups is 1. The van der Waals surface area contributed by atoms with Crippen LogP contribution in [0.15, 0.2) is 5.16 Å². The molecule has 4 rings (SSSR count). The van der Waals surface area contributed by atoms with Crippen molar-refractivity contribution in [3.8, 4) is 0 Å². The zero-order valence-corrected chi connectivity index (χ0v) is 13.8. The Morgan fingerprint density at radius 3 is 2.62 bits per heavy atom. The third-order valence-electron chi connectivity index (χ3n) is 8.44. The summed E-state index contributed by atoms with van der Waals surface area (Å²) >= 11 is 0. The molecule has 4 aliphatic rings. The van der Waals surface area contributed by atoms with Gasteiger partial charge in [0, 0.05) is 5.41 Å². The van der Waals surface area contributed by atoms with Gasteiger partial charge in [-0.15, -0.1) is 0 Å². The van der Waals surface area contributed by atoms with Crippen LogP contribution < -0.4 is 0 Å². The molecule has 0 amide bonds. The van der Waals surface area contributed by atoms with Crippen LogP contribution in [0.1, 0.15) is 78.1 Å². The van der Waals surface area contributed by atoms with E-state index in [0.717, 1.165) is 35.8 Å². The second kappa shape index (κ2) is 4.73. The average Bonchev–Trinajstić information content (AvgIpc) is 2.83. The molecule has 0 aliphatic heterocycles. The van der Waals surface area contributed by atoms with Crippen molar-refractivity contribution in [1.29, 1.82) is 0 Å². The quantitative estimate of drug-likeness (QED) is 0.479. The molecule has 118 valence electrons. The largest absolute Gasteiger partial charge is 0.411 e. The fraction of sp³-hybridized carbons (Fsp3) is 0.947. The molecule has 0 aromatic rings. The molecule has 4 saturated carbocycles. The second-order valence-corrected chi connectivity index (χ2v) is 8.94. The van der Waals surface area contributed by atoms with Gasteiger partial charge in [-0.25, -0.2) is 0 Å². The van der Waals surface area contributed by atoms with E-state index in [9.17, 15) is 5.21 Å². The highest BCUT2D eigenvalue weighted by Crippen LogP contribution is 2.65. The summed E-state index contributed by atoms with van der Waals surface area (Å²) in [7, 11) is 0. The lowest BCUT2D eigenvalue weighted by Gasteiger charge is -2.59. The first kappa shape index (κ1) is 14.1. The van der Waals surface area contributed by atoms with Gasteiger partial charge in [0.15, 0.2) is 0 Å². The van der Waals surface area contributed by atoms with Crippen molar-refractivity contribution in [1.82, 2.24) is 0 Å². The molecule has 6 atom stereocenters. The lowest BCUT2D eigenvalue weighted by Crippen LogP contribution is -2.52. The molecule has 0 saturated heterocycles. The monoisotopic (exact) mass is 289 g/mol. The Morgan fingerprint density at radius 2 is 1.81 bits per heavy atom. The van der Waals surface area contributed by atoms with Gasteiger partial charge in [0.2, 0.25) is 0 Å². The molecule has 0 heterocycles. The van der Waals surface area contributed by atoms with E-state index in [2.05, 4.69) is 19.0 Å². The Labute approximate surface area is 129 Å². The van der Waals surface area contributed by atoms with Crippen LogP contribution in [0, 0.1) is 34.5 Å². The van der Waals surface area contributed by atoms with Crippen LogP contribution >= 0.6 is 0 Å². The first-order valence-corrected chi connectivity index (χ1v) is 9.31. The normalized spacial score (nSPS) is 54.9. The van der Waals surface area contributed by atoms with Crippen molar-refractivity contribution >= 4 is 5.71 Å². The molecule has 0 aromatic heterocycles. The highest BCUT2D eigenvalue weighted by molar-refractivity contribution is 5.91. The lowest BCUT2D eigenvalue weighted by atomic mass is 9.45. The number of rotatable bonds is 0. The molecule has 0 spiro atoms. The Hall–Kier alpha value is -0.530. The topological polar surface area (TPSA) is 32.6 Å². The maximum Gasteiger partial charge on any atom is 0.0632 e. The molecule has 2 heteroatoms. The van der Waals surface area contributed by atoms with Crippen molar-refractivity contribution < 1.29 is 5.21 Å². The van der Waals surface area contributed by atoms with Crippen LogP contribution in [-0.2, 0) is 0 Å². The van der Waals surface area contributed by atoms with Crippen LogP contribution in [0.3, 0.4) is 0 Å². The number of hydrogen-bond donors (Lipinski definition) is 1. The van der Waals surface area contributed by atoms with Gasteiger partial charge in [-0.2, -0.15) is 0 Å². The summed E-state index contributed by atoms with van der Waals surface area (Å²) in [6, 6.07) is 0. The number of fused-ring (bicyclic) bond motifs is 5. The Balaban J connectivity index is 1.66. The molecule has 4 fully saturated rings. The zero-order chi connectivity index (χ0) is 14.7. The Kier molecular flexibility index (Phi) is 3.17. The van der Waals surface area contributed by atoms with Crippen molar-refractivity contribution in [3.05, 3.63) is 0 Å². The molecular formula is C19H31NO. The summed E-state index contributed by atoms with van der Waals surface area (Å²) in [5, 5.41) is 13.1. The van der Waals surface area contributed by atoms with E-state index < -0.39 is 0 Å². The predicted molar refractivity (Wildman–Crippen MR) is 85.6 cm³/mol. The molecule has 0 bridgehead atoms. The van der Waals surface area contributed by atoms with E-state index in [1.807, 2.05) is 0 Å². The molecule has 21 heavy (non-hydrogen) atoms. The predicted octanol–water partition coefficient (Wildman–Crippen LogP) is 5.25. The van der Waals surface area contributed by atoms with E-state index >= 15 is 0 Å². The summed E-state index contributed by atoms with van der Waals surface area (Å²) in [4.78, 5) is 0. The molecule has 0 radical (unpaired) electrons. The van der Waals surface area contributed by atoms with Crippen molar-refractivity contribution in [2.24, 2.45) is 39.7 Å². The minimum atomic E-state index is 0.216. The number of hydrogen-bond acceptors (Lipinski definition) is 2. The van der Waals surface area contributed by atoms with Crippen LogP contribution in [0.4, 0.5) is 0 Å². The molecule has 4 aliphatic carbocycles. The van der Waals surface area contributed by atoms with E-state index in [4.69, 9.17) is 0 Å². The van der Waals surface area contributed by atoms with Crippen molar-refractivity contribution in [2.45, 2.75) is 78.1 Å². The standard InChI is InChI=1S/C19H31NO/c1-18-11-4-3-5-13(18)6-7-14-15-8-9-17(20-21)19(15,2)12-10-16(14)18/h13-16,21H,3-12H2,1-2H3/b20-17+/t13-,14+,15+,16+,18+,19+/m1/s1. The summed E-state index contributed by atoms with van der Waals surface area (Å²) in [6.45, 7) is 5.03. The van der Waals surface area contributed by atoms with E-state index in [1.54, 1.807) is 0 Å². The van der Waals surface area contributed by atoms with Crippen LogP contribution in [0.2, 0.25) is 0 Å². The average molecular weight is 289 g/mol. The fourth-order valence-corrected chi connectivity index (χ4v) is 7.25. The Morgan fingerprint density at radius 1 is 0.952 bits per heavy atom. The maximum absolute atomic E-state index is 9.39. The van der Waals surface area contributed by atoms with E-state index in [1.165, 1.54) is 57.8 Å². The molecule has 0 unspecified atom stereocenters. The summed E-state index contributed by atoms with van der Waals surface area (Å²) in [5.41, 5.74) is 1.96. The minimum Gasteiger partial charge on any atom is -0.411 e. The third kappa shape index (κ3) is 1.80. The number of nitrogens with zero attached hydrogens (tertiary/aromatic N) is 1. The van der Waals surface area contributed by atoms with Gasteiger partial charge in [0.05, 0.1) is 5.71 Å². The maximum atomic E-state index is 9.39. The fourth-order valence-electron chi connectivity index (χ4n) is 7.25.